The van der Waals surface area contributed by atoms with Gasteiger partial charge < -0.3 is 9.84 Å². The summed E-state index contributed by atoms with van der Waals surface area (Å²) in [6, 6.07) is 11.4. The van der Waals surface area contributed by atoms with E-state index in [1.54, 1.807) is 42.5 Å². The van der Waals surface area contributed by atoms with Crippen molar-refractivity contribution < 1.29 is 23.1 Å². The normalized spacial score (nSPS) is 14.6. The summed E-state index contributed by atoms with van der Waals surface area (Å²) in [6.45, 7) is 1.87. The van der Waals surface area contributed by atoms with Crippen molar-refractivity contribution in [2.75, 3.05) is 18.0 Å². The van der Waals surface area contributed by atoms with E-state index in [0.29, 0.717) is 10.2 Å². The van der Waals surface area contributed by atoms with E-state index in [1.807, 2.05) is 6.92 Å². The van der Waals surface area contributed by atoms with E-state index in [0.717, 1.165) is 5.56 Å². The number of benzene rings is 2. The molecule has 0 radical (unpaired) electrons. The fraction of sp³-hybridized carbons (Fsp3) is 0.211. The first-order valence-corrected chi connectivity index (χ1v) is 10.4. The van der Waals surface area contributed by atoms with Gasteiger partial charge in [0.1, 0.15) is 5.76 Å². The number of aryl methyl sites for hydroxylation is 1. The van der Waals surface area contributed by atoms with Crippen molar-refractivity contribution in [3.8, 4) is 0 Å². The number of aliphatic hydroxyl groups excluding tert-OH is 1. The molecule has 0 saturated heterocycles. The van der Waals surface area contributed by atoms with Crippen molar-refractivity contribution in [3.05, 3.63) is 63.6 Å². The van der Waals surface area contributed by atoms with Crippen LogP contribution in [0.3, 0.4) is 0 Å². The van der Waals surface area contributed by atoms with Crippen molar-refractivity contribution >= 4 is 43.4 Å². The summed E-state index contributed by atoms with van der Waals surface area (Å²) < 4.78 is 33.1. The minimum Gasteiger partial charge on any atom is -0.507 e. The number of esters is 1. The van der Waals surface area contributed by atoms with Gasteiger partial charge in [-0.05, 0) is 37.3 Å². The zero-order valence-electron chi connectivity index (χ0n) is 14.8. The van der Waals surface area contributed by atoms with E-state index in [-0.39, 0.29) is 34.8 Å². The second kappa shape index (κ2) is 7.36. The van der Waals surface area contributed by atoms with Gasteiger partial charge in [-0.1, -0.05) is 33.6 Å². The highest BCUT2D eigenvalue weighted by Gasteiger charge is 2.32. The number of anilines is 1. The Morgan fingerprint density at radius 1 is 1.19 bits per heavy atom. The van der Waals surface area contributed by atoms with Crippen LogP contribution in [0.15, 0.2) is 57.4 Å². The molecular formula is C19H18BrNO5S. The molecule has 0 amide bonds. The molecule has 6 nitrogen and oxygen atoms in total. The second-order valence-electron chi connectivity index (χ2n) is 6.12. The molecule has 0 atom stereocenters. The molecule has 0 fully saturated rings. The standard InChI is InChI=1S/C19H18BrNO5S/c1-12-3-6-14(7-4-12)27(24,25)21-10-9-15(19(23)26-2)18(22)16-11-13(20)5-8-17(16)21/h3-8,11,22H,9-10H2,1-2H3. The first-order chi connectivity index (χ1) is 12.8. The van der Waals surface area contributed by atoms with Crippen LogP contribution >= 0.6 is 15.9 Å². The van der Waals surface area contributed by atoms with Crippen molar-refractivity contribution in [1.82, 2.24) is 0 Å². The van der Waals surface area contributed by atoms with Gasteiger partial charge in [0, 0.05) is 23.0 Å². The minimum absolute atomic E-state index is 0.000659. The number of halogens is 1. The number of nitrogens with zero attached hydrogens (tertiary/aromatic N) is 1. The molecule has 1 N–H and O–H groups in total. The molecule has 0 saturated carbocycles. The average molecular weight is 452 g/mol. The minimum atomic E-state index is -3.88. The fourth-order valence-corrected chi connectivity index (χ4v) is 4.78. The summed E-state index contributed by atoms with van der Waals surface area (Å²) in [5, 5.41) is 10.7. The van der Waals surface area contributed by atoms with Gasteiger partial charge in [0.05, 0.1) is 23.3 Å². The van der Waals surface area contributed by atoms with E-state index < -0.39 is 16.0 Å². The highest BCUT2D eigenvalue weighted by molar-refractivity contribution is 9.10. The van der Waals surface area contributed by atoms with Crippen LogP contribution in [0.1, 0.15) is 17.5 Å². The highest BCUT2D eigenvalue weighted by Crippen LogP contribution is 2.37. The Morgan fingerprint density at radius 2 is 1.85 bits per heavy atom. The molecule has 2 aromatic carbocycles. The largest absolute Gasteiger partial charge is 0.507 e. The maximum atomic E-state index is 13.2. The molecule has 1 aliphatic heterocycles. The summed E-state index contributed by atoms with van der Waals surface area (Å²) in [6.07, 6.45) is 0.0237. The lowest BCUT2D eigenvalue weighted by Crippen LogP contribution is -2.32. The lowest BCUT2D eigenvalue weighted by molar-refractivity contribution is -0.136. The summed E-state index contributed by atoms with van der Waals surface area (Å²) in [5.41, 5.74) is 1.54. The highest BCUT2D eigenvalue weighted by atomic mass is 79.9. The molecular weight excluding hydrogens is 434 g/mol. The number of carbonyl (C=O) groups is 1. The van der Waals surface area contributed by atoms with Gasteiger partial charge in [-0.25, -0.2) is 13.2 Å². The van der Waals surface area contributed by atoms with E-state index in [2.05, 4.69) is 15.9 Å². The number of aliphatic hydroxyl groups is 1. The molecule has 142 valence electrons. The second-order valence-corrected chi connectivity index (χ2v) is 8.90. The first kappa shape index (κ1) is 19.4. The average Bonchev–Trinajstić information content (AvgIpc) is 2.78. The predicted molar refractivity (Wildman–Crippen MR) is 106 cm³/mol. The molecule has 0 spiro atoms. The molecule has 0 bridgehead atoms. The molecule has 27 heavy (non-hydrogen) atoms. The van der Waals surface area contributed by atoms with E-state index in [1.165, 1.54) is 11.4 Å². The van der Waals surface area contributed by atoms with E-state index >= 15 is 0 Å². The smallest absolute Gasteiger partial charge is 0.337 e. The number of sulfonamides is 1. The summed E-state index contributed by atoms with van der Waals surface area (Å²) >= 11 is 3.32. The Balaban J connectivity index is 2.17. The molecule has 1 aliphatic rings. The maximum absolute atomic E-state index is 13.2. The Hall–Kier alpha value is -2.32. The van der Waals surface area contributed by atoms with Crippen LogP contribution < -0.4 is 4.31 Å². The van der Waals surface area contributed by atoms with E-state index in [4.69, 9.17) is 4.74 Å². The first-order valence-electron chi connectivity index (χ1n) is 8.15. The zero-order valence-corrected chi connectivity index (χ0v) is 17.2. The van der Waals surface area contributed by atoms with Crippen LogP contribution in [-0.2, 0) is 19.6 Å². The monoisotopic (exact) mass is 451 g/mol. The van der Waals surface area contributed by atoms with E-state index in [9.17, 15) is 18.3 Å². The number of rotatable bonds is 3. The van der Waals surface area contributed by atoms with Gasteiger partial charge in [0.2, 0.25) is 0 Å². The van der Waals surface area contributed by atoms with Crippen molar-refractivity contribution in [2.24, 2.45) is 0 Å². The third kappa shape index (κ3) is 3.59. The van der Waals surface area contributed by atoms with Gasteiger partial charge in [0.15, 0.2) is 0 Å². The van der Waals surface area contributed by atoms with Crippen LogP contribution in [0.2, 0.25) is 0 Å². The third-order valence-electron chi connectivity index (χ3n) is 4.37. The Morgan fingerprint density at radius 3 is 2.48 bits per heavy atom. The van der Waals surface area contributed by atoms with Gasteiger partial charge in [0.25, 0.3) is 10.0 Å². The van der Waals surface area contributed by atoms with Crippen LogP contribution in [0.5, 0.6) is 0 Å². The lowest BCUT2D eigenvalue weighted by Gasteiger charge is -2.25. The van der Waals surface area contributed by atoms with Gasteiger partial charge in [-0.3, -0.25) is 4.31 Å². The Labute approximate surface area is 166 Å². The third-order valence-corrected chi connectivity index (χ3v) is 6.69. The number of fused-ring (bicyclic) bond motifs is 1. The van der Waals surface area contributed by atoms with Crippen molar-refractivity contribution in [1.29, 1.82) is 0 Å². The SMILES string of the molecule is COC(=O)C1=C(O)c2cc(Br)ccc2N(S(=O)(=O)c2ccc(C)cc2)CC1. The van der Waals surface area contributed by atoms with Gasteiger partial charge in [-0.2, -0.15) is 0 Å². The molecule has 0 aliphatic carbocycles. The molecule has 0 aromatic heterocycles. The van der Waals surface area contributed by atoms with Gasteiger partial charge >= 0.3 is 5.97 Å². The topological polar surface area (TPSA) is 83.9 Å². The number of hydrogen-bond acceptors (Lipinski definition) is 5. The van der Waals surface area contributed by atoms with Crippen molar-refractivity contribution in [3.63, 3.8) is 0 Å². The molecule has 2 aromatic rings. The fourth-order valence-electron chi connectivity index (χ4n) is 2.94. The van der Waals surface area contributed by atoms with Crippen LogP contribution in [-0.4, -0.2) is 33.1 Å². The summed E-state index contributed by atoms with van der Waals surface area (Å²) in [5.74, 6) is -0.965. The maximum Gasteiger partial charge on any atom is 0.337 e. The van der Waals surface area contributed by atoms with Crippen LogP contribution in [0.4, 0.5) is 5.69 Å². The van der Waals surface area contributed by atoms with Crippen molar-refractivity contribution in [2.45, 2.75) is 18.2 Å². The van der Waals surface area contributed by atoms with Crippen LogP contribution in [0, 0.1) is 6.92 Å². The quantitative estimate of drug-likeness (QED) is 0.717. The number of methoxy groups -OCH3 is 1. The molecule has 0 unspecified atom stereocenters. The van der Waals surface area contributed by atoms with Crippen LogP contribution in [0.25, 0.3) is 5.76 Å². The summed E-state index contributed by atoms with van der Waals surface area (Å²) in [4.78, 5) is 12.2. The zero-order chi connectivity index (χ0) is 19.8. The Bertz CT molecular complexity index is 1030. The molecule has 8 heteroatoms. The molecule has 3 rings (SSSR count). The number of ether oxygens (including phenoxy) is 1. The Kier molecular flexibility index (Phi) is 5.30. The number of carbonyl (C=O) groups excluding carboxylic acids is 1. The number of hydrogen-bond donors (Lipinski definition) is 1. The summed E-state index contributed by atoms with van der Waals surface area (Å²) in [7, 11) is -2.66. The molecule has 1 heterocycles. The lowest BCUT2D eigenvalue weighted by atomic mass is 10.1. The van der Waals surface area contributed by atoms with Gasteiger partial charge in [-0.15, -0.1) is 0 Å². The predicted octanol–water partition coefficient (Wildman–Crippen LogP) is 3.80.